The van der Waals surface area contributed by atoms with Gasteiger partial charge in [0.15, 0.2) is 11.6 Å². The van der Waals surface area contributed by atoms with E-state index in [4.69, 9.17) is 9.72 Å². The molecular weight excluding hydrogens is 432 g/mol. The Morgan fingerprint density at radius 3 is 2.74 bits per heavy atom. The van der Waals surface area contributed by atoms with E-state index in [0.29, 0.717) is 18.8 Å². The summed E-state index contributed by atoms with van der Waals surface area (Å²) in [5.41, 5.74) is 1.24. The molecule has 2 aromatic heterocycles. The molecule has 0 saturated carbocycles. The van der Waals surface area contributed by atoms with E-state index in [2.05, 4.69) is 22.0 Å². The first-order chi connectivity index (χ1) is 16.5. The monoisotopic (exact) mass is 462 g/mol. The number of rotatable bonds is 5. The van der Waals surface area contributed by atoms with Crippen molar-refractivity contribution in [3.63, 3.8) is 0 Å². The van der Waals surface area contributed by atoms with Gasteiger partial charge in [0.05, 0.1) is 17.9 Å². The number of carbonyl (C=O) groups excluding carboxylic acids is 1. The average molecular weight is 463 g/mol. The Balaban J connectivity index is 1.32. The van der Waals surface area contributed by atoms with Crippen LogP contribution >= 0.6 is 0 Å². The van der Waals surface area contributed by atoms with Gasteiger partial charge in [0, 0.05) is 32.7 Å². The Hall–Kier alpha value is -3.75. The molecule has 1 amide bonds. The van der Waals surface area contributed by atoms with Crippen molar-refractivity contribution in [2.24, 2.45) is 7.05 Å². The maximum absolute atomic E-state index is 13.2. The number of pyridine rings is 1. The predicted molar refractivity (Wildman–Crippen MR) is 131 cm³/mol. The van der Waals surface area contributed by atoms with Gasteiger partial charge in [-0.25, -0.2) is 9.67 Å². The largest absolute Gasteiger partial charge is 0.488 e. The number of para-hydroxylation sites is 1. The van der Waals surface area contributed by atoms with Crippen molar-refractivity contribution in [3.05, 3.63) is 64.1 Å². The van der Waals surface area contributed by atoms with Gasteiger partial charge in [0.2, 0.25) is 0 Å². The Labute approximate surface area is 198 Å². The molecule has 1 fully saturated rings. The maximum atomic E-state index is 13.2. The Morgan fingerprint density at radius 2 is 1.97 bits per heavy atom. The number of aromatic nitrogens is 3. The third kappa shape index (κ3) is 3.81. The minimum Gasteiger partial charge on any atom is -0.488 e. The molecule has 0 unspecified atom stereocenters. The number of hydrogen-bond acceptors (Lipinski definition) is 6. The van der Waals surface area contributed by atoms with Crippen LogP contribution in [0.15, 0.2) is 47.3 Å². The lowest BCUT2D eigenvalue weighted by molar-refractivity contribution is 0.0938. The summed E-state index contributed by atoms with van der Waals surface area (Å²) < 4.78 is 9.01. The highest BCUT2D eigenvalue weighted by atomic mass is 16.5. The third-order valence-electron chi connectivity index (χ3n) is 6.75. The van der Waals surface area contributed by atoms with Crippen LogP contribution in [-0.4, -0.2) is 59.1 Å². The molecule has 0 bridgehead atoms. The second-order valence-electron chi connectivity index (χ2n) is 8.76. The van der Waals surface area contributed by atoms with Crippen LogP contribution in [0, 0.1) is 6.92 Å². The summed E-state index contributed by atoms with van der Waals surface area (Å²) in [5.74, 6) is 2.24. The molecule has 9 nitrogen and oxygen atoms in total. The van der Waals surface area contributed by atoms with Crippen LogP contribution in [-0.2, 0) is 7.05 Å². The summed E-state index contributed by atoms with van der Waals surface area (Å²) >= 11 is 0. The lowest BCUT2D eigenvalue weighted by atomic mass is 10.2. The first-order valence-corrected chi connectivity index (χ1v) is 11.8. The zero-order valence-electron chi connectivity index (χ0n) is 19.8. The molecule has 0 radical (unpaired) electrons. The van der Waals surface area contributed by atoms with Crippen LogP contribution in [0.4, 0.5) is 11.6 Å². The van der Waals surface area contributed by atoms with E-state index in [0.717, 1.165) is 49.1 Å². The summed E-state index contributed by atoms with van der Waals surface area (Å²) in [6.07, 6.45) is 0.789. The van der Waals surface area contributed by atoms with E-state index in [9.17, 15) is 9.59 Å². The lowest BCUT2D eigenvalue weighted by Crippen LogP contribution is -2.39. The number of carbonyl (C=O) groups is 1. The summed E-state index contributed by atoms with van der Waals surface area (Å²) in [6, 6.07) is 13.2. The number of hydrogen-bond donors (Lipinski definition) is 1. The van der Waals surface area contributed by atoms with Crippen molar-refractivity contribution < 1.29 is 9.53 Å². The van der Waals surface area contributed by atoms with Gasteiger partial charge >= 0.3 is 0 Å². The quantitative estimate of drug-likeness (QED) is 0.625. The number of likely N-dealkylation sites (N-methyl/N-ethyl adjacent to an activating group) is 1. The highest BCUT2D eigenvalue weighted by molar-refractivity contribution is 5.95. The van der Waals surface area contributed by atoms with Crippen molar-refractivity contribution in [3.8, 4) is 11.4 Å². The third-order valence-corrected chi connectivity index (χ3v) is 6.75. The summed E-state index contributed by atoms with van der Waals surface area (Å²) in [6.45, 7) is 7.72. The molecule has 9 heteroatoms. The van der Waals surface area contributed by atoms with Gasteiger partial charge < -0.3 is 19.9 Å². The van der Waals surface area contributed by atoms with Crippen molar-refractivity contribution in [2.45, 2.75) is 26.3 Å². The SMILES string of the molecule is CCN1CCOc2ccc(N3CC[C@H](NC(=O)c4c(C)n(C)n(-c5ccccc5)c4=O)C3)nc21. The molecule has 1 saturated heterocycles. The lowest BCUT2D eigenvalue weighted by Gasteiger charge is -2.30. The molecule has 2 aliphatic rings. The molecule has 1 aromatic carbocycles. The molecule has 5 rings (SSSR count). The smallest absolute Gasteiger partial charge is 0.284 e. The van der Waals surface area contributed by atoms with Gasteiger partial charge in [-0.15, -0.1) is 0 Å². The number of nitrogens with zero attached hydrogens (tertiary/aromatic N) is 5. The van der Waals surface area contributed by atoms with Gasteiger partial charge in [-0.05, 0) is 44.5 Å². The predicted octanol–water partition coefficient (Wildman–Crippen LogP) is 2.11. The fraction of sp³-hybridized carbons (Fsp3) is 0.400. The highest BCUT2D eigenvalue weighted by Gasteiger charge is 2.29. The normalized spacial score (nSPS) is 17.4. The van der Waals surface area contributed by atoms with Crippen LogP contribution in [0.1, 0.15) is 29.4 Å². The Morgan fingerprint density at radius 1 is 1.18 bits per heavy atom. The van der Waals surface area contributed by atoms with Crippen molar-refractivity contribution >= 4 is 17.5 Å². The number of anilines is 2. The number of amides is 1. The van der Waals surface area contributed by atoms with E-state index < -0.39 is 0 Å². The number of nitrogens with one attached hydrogen (secondary N) is 1. The van der Waals surface area contributed by atoms with Gasteiger partial charge in [-0.3, -0.25) is 14.3 Å². The zero-order valence-corrected chi connectivity index (χ0v) is 19.8. The molecule has 0 aliphatic carbocycles. The van der Waals surface area contributed by atoms with E-state index in [1.54, 1.807) is 18.7 Å². The van der Waals surface area contributed by atoms with Gasteiger partial charge in [-0.2, -0.15) is 0 Å². The fourth-order valence-electron chi connectivity index (χ4n) is 4.79. The molecule has 2 aliphatic heterocycles. The van der Waals surface area contributed by atoms with Crippen molar-refractivity contribution in [1.82, 2.24) is 19.7 Å². The number of ether oxygens (including phenoxy) is 1. The Kier molecular flexibility index (Phi) is 5.77. The minimum atomic E-state index is -0.330. The van der Waals surface area contributed by atoms with Gasteiger partial charge in [0.25, 0.3) is 11.5 Å². The molecule has 0 spiro atoms. The number of benzene rings is 1. The van der Waals surface area contributed by atoms with Crippen LogP contribution in [0.3, 0.4) is 0 Å². The second-order valence-corrected chi connectivity index (χ2v) is 8.76. The second kappa shape index (κ2) is 8.89. The van der Waals surface area contributed by atoms with Crippen LogP contribution < -0.4 is 25.4 Å². The topological polar surface area (TPSA) is 84.6 Å². The Bertz CT molecular complexity index is 1270. The van der Waals surface area contributed by atoms with Crippen molar-refractivity contribution in [2.75, 3.05) is 42.6 Å². The van der Waals surface area contributed by atoms with E-state index in [1.165, 1.54) is 4.68 Å². The zero-order chi connectivity index (χ0) is 23.8. The molecule has 1 N–H and O–H groups in total. The summed E-state index contributed by atoms with van der Waals surface area (Å²) in [7, 11) is 1.79. The molecule has 178 valence electrons. The van der Waals surface area contributed by atoms with Crippen LogP contribution in [0.2, 0.25) is 0 Å². The molecule has 3 aromatic rings. The summed E-state index contributed by atoms with van der Waals surface area (Å²) in [4.78, 5) is 35.6. The van der Waals surface area contributed by atoms with E-state index >= 15 is 0 Å². The van der Waals surface area contributed by atoms with Gasteiger partial charge in [0.1, 0.15) is 18.0 Å². The maximum Gasteiger partial charge on any atom is 0.284 e. The molecule has 1 atom stereocenters. The first-order valence-electron chi connectivity index (χ1n) is 11.8. The summed E-state index contributed by atoms with van der Waals surface area (Å²) in [5, 5.41) is 3.08. The molecule has 4 heterocycles. The number of fused-ring (bicyclic) bond motifs is 1. The first kappa shape index (κ1) is 22.1. The van der Waals surface area contributed by atoms with Gasteiger partial charge in [-0.1, -0.05) is 18.2 Å². The highest BCUT2D eigenvalue weighted by Crippen LogP contribution is 2.32. The molecule has 34 heavy (non-hydrogen) atoms. The van der Waals surface area contributed by atoms with Crippen molar-refractivity contribution in [1.29, 1.82) is 0 Å². The van der Waals surface area contributed by atoms with E-state index in [-0.39, 0.29) is 23.1 Å². The fourth-order valence-corrected chi connectivity index (χ4v) is 4.79. The molecular formula is C25H30N6O3. The average Bonchev–Trinajstić information content (AvgIpc) is 3.40. The van der Waals surface area contributed by atoms with Crippen LogP contribution in [0.5, 0.6) is 5.75 Å². The van der Waals surface area contributed by atoms with E-state index in [1.807, 2.05) is 42.5 Å². The van der Waals surface area contributed by atoms with Crippen LogP contribution in [0.25, 0.3) is 5.69 Å². The standard InChI is InChI=1S/C25H30N6O3/c1-4-29-14-15-34-20-10-11-21(27-23(20)29)30-13-12-18(16-30)26-24(32)22-17(2)28(3)31(25(22)33)19-8-6-5-7-9-19/h5-11,18H,4,12-16H2,1-3H3,(H,26,32)/t18-/m0/s1. The minimum absolute atomic E-state index is 0.0620.